The number of nitrogens with one attached hydrogen (secondary N) is 2. The Balaban J connectivity index is 0.000000787. The fourth-order valence-corrected chi connectivity index (χ4v) is 2.29. The van der Waals surface area contributed by atoms with E-state index in [1.54, 1.807) is 6.20 Å². The zero-order chi connectivity index (χ0) is 23.1. The molecule has 4 unspecified atom stereocenters. The topological polar surface area (TPSA) is 231 Å². The lowest BCUT2D eigenvalue weighted by Crippen LogP contribution is -2.49. The molecule has 30 heavy (non-hydrogen) atoms. The number of aliphatic carboxylic acids is 2. The summed E-state index contributed by atoms with van der Waals surface area (Å²) in [6, 6.07) is -2.65. The number of carbonyl (C=O) groups excluding carboxylic acids is 1. The van der Waals surface area contributed by atoms with Crippen molar-refractivity contribution in [2.45, 2.75) is 69.7 Å². The number of H-pyrrole nitrogens is 1. The molecule has 1 rings (SSSR count). The lowest BCUT2D eigenvalue weighted by atomic mass is 10.1. The number of aliphatic hydroxyl groups is 1. The van der Waals surface area contributed by atoms with Crippen LogP contribution in [0.15, 0.2) is 12.5 Å². The van der Waals surface area contributed by atoms with Gasteiger partial charge in [-0.05, 0) is 19.3 Å². The number of carboxylic acids is 2. The minimum absolute atomic E-state index is 0.0413. The molecule has 0 bridgehead atoms. The van der Waals surface area contributed by atoms with Gasteiger partial charge in [-0.2, -0.15) is 0 Å². The highest BCUT2D eigenvalue weighted by molar-refractivity contribution is 5.86. The first-order valence-electron chi connectivity index (χ1n) is 9.74. The standard InChI is InChI=1S/C12H21N5O4.C6H13NO2/c13-4-8(18)1-2-10(12(20)21)17-11(19)9(14)3-7-5-15-6-16-7;1-2-3-4-5(7)6(8)9/h5-6,8-10,18H,1-4,13-14H2,(H,15,16)(H,17,19)(H,20,21);5H,2-4,7H2,1H3,(H,8,9). The molecule has 0 radical (unpaired) electrons. The molecular formula is C18H34N6O6. The zero-order valence-electron chi connectivity index (χ0n) is 17.2. The maximum Gasteiger partial charge on any atom is 0.326 e. The summed E-state index contributed by atoms with van der Waals surface area (Å²) in [5, 5.41) is 29.0. The minimum Gasteiger partial charge on any atom is -0.480 e. The van der Waals surface area contributed by atoms with E-state index in [-0.39, 0.29) is 25.8 Å². The van der Waals surface area contributed by atoms with Crippen LogP contribution in [0.2, 0.25) is 0 Å². The smallest absolute Gasteiger partial charge is 0.326 e. The highest BCUT2D eigenvalue weighted by atomic mass is 16.4. The molecule has 1 heterocycles. The average molecular weight is 431 g/mol. The van der Waals surface area contributed by atoms with Gasteiger partial charge in [-0.15, -0.1) is 0 Å². The van der Waals surface area contributed by atoms with E-state index in [2.05, 4.69) is 15.3 Å². The molecular weight excluding hydrogens is 396 g/mol. The van der Waals surface area contributed by atoms with Gasteiger partial charge in [-0.1, -0.05) is 19.8 Å². The first-order valence-corrected chi connectivity index (χ1v) is 9.74. The van der Waals surface area contributed by atoms with E-state index in [1.165, 1.54) is 6.33 Å². The molecule has 172 valence electrons. The summed E-state index contributed by atoms with van der Waals surface area (Å²) in [6.45, 7) is 2.05. The Morgan fingerprint density at radius 1 is 1.13 bits per heavy atom. The lowest BCUT2D eigenvalue weighted by Gasteiger charge is -2.18. The van der Waals surface area contributed by atoms with Gasteiger partial charge in [0.25, 0.3) is 0 Å². The Labute approximate surface area is 175 Å². The van der Waals surface area contributed by atoms with Crippen LogP contribution in [0.25, 0.3) is 0 Å². The summed E-state index contributed by atoms with van der Waals surface area (Å²) >= 11 is 0. The van der Waals surface area contributed by atoms with Crippen LogP contribution in [-0.2, 0) is 20.8 Å². The second-order valence-corrected chi connectivity index (χ2v) is 6.84. The quantitative estimate of drug-likeness (QED) is 0.181. The Morgan fingerprint density at radius 3 is 2.27 bits per heavy atom. The molecule has 11 N–H and O–H groups in total. The molecule has 0 fully saturated rings. The number of aromatic amines is 1. The first kappa shape index (κ1) is 27.5. The highest BCUT2D eigenvalue weighted by Crippen LogP contribution is 2.03. The fourth-order valence-electron chi connectivity index (χ4n) is 2.29. The van der Waals surface area contributed by atoms with E-state index in [4.69, 9.17) is 27.4 Å². The molecule has 12 heteroatoms. The molecule has 0 spiro atoms. The van der Waals surface area contributed by atoms with Gasteiger partial charge in [0.05, 0.1) is 18.5 Å². The predicted octanol–water partition coefficient (Wildman–Crippen LogP) is -1.46. The number of nitrogens with zero attached hydrogens (tertiary/aromatic N) is 1. The number of nitrogens with two attached hydrogens (primary N) is 3. The van der Waals surface area contributed by atoms with E-state index in [0.29, 0.717) is 12.1 Å². The maximum absolute atomic E-state index is 11.9. The Morgan fingerprint density at radius 2 is 1.80 bits per heavy atom. The monoisotopic (exact) mass is 430 g/mol. The van der Waals surface area contributed by atoms with Crippen molar-refractivity contribution in [2.24, 2.45) is 17.2 Å². The molecule has 0 aliphatic carbocycles. The molecule has 12 nitrogen and oxygen atoms in total. The molecule has 1 aromatic rings. The largest absolute Gasteiger partial charge is 0.480 e. The van der Waals surface area contributed by atoms with E-state index in [9.17, 15) is 19.5 Å². The van der Waals surface area contributed by atoms with Crippen molar-refractivity contribution in [3.63, 3.8) is 0 Å². The van der Waals surface area contributed by atoms with Crippen LogP contribution in [0.1, 0.15) is 44.7 Å². The van der Waals surface area contributed by atoms with Crippen LogP contribution in [-0.4, -0.2) is 73.9 Å². The van der Waals surface area contributed by atoms with Gasteiger partial charge in [0.15, 0.2) is 0 Å². The number of aromatic nitrogens is 2. The second-order valence-electron chi connectivity index (χ2n) is 6.84. The molecule has 1 aromatic heterocycles. The normalized spacial score (nSPS) is 14.6. The number of hydrogen-bond acceptors (Lipinski definition) is 8. The highest BCUT2D eigenvalue weighted by Gasteiger charge is 2.24. The van der Waals surface area contributed by atoms with Crippen LogP contribution in [0, 0.1) is 0 Å². The third-order valence-electron chi connectivity index (χ3n) is 4.19. The molecule has 0 saturated heterocycles. The van der Waals surface area contributed by atoms with Gasteiger partial charge >= 0.3 is 11.9 Å². The summed E-state index contributed by atoms with van der Waals surface area (Å²) in [7, 11) is 0. The number of carboxylic acid groups (broad SMARTS) is 2. The molecule has 0 aromatic carbocycles. The third kappa shape index (κ3) is 12.1. The Kier molecular flexibility index (Phi) is 14.0. The minimum atomic E-state index is -1.18. The Hall–Kier alpha value is -2.54. The maximum atomic E-state index is 11.9. The molecule has 4 atom stereocenters. The SMILES string of the molecule is CCCCC(N)C(=O)O.NCC(O)CCC(NC(=O)C(N)Cc1cnc[nH]1)C(=O)O. The summed E-state index contributed by atoms with van der Waals surface area (Å²) in [5.41, 5.74) is 16.8. The van der Waals surface area contributed by atoms with Crippen molar-refractivity contribution in [1.82, 2.24) is 15.3 Å². The van der Waals surface area contributed by atoms with Crippen molar-refractivity contribution < 1.29 is 29.7 Å². The predicted molar refractivity (Wildman–Crippen MR) is 109 cm³/mol. The Bertz CT molecular complexity index is 627. The summed E-state index contributed by atoms with van der Waals surface area (Å²) in [6.07, 6.45) is 5.19. The van der Waals surface area contributed by atoms with Crippen molar-refractivity contribution in [3.8, 4) is 0 Å². The van der Waals surface area contributed by atoms with Crippen molar-refractivity contribution in [1.29, 1.82) is 0 Å². The van der Waals surface area contributed by atoms with E-state index < -0.39 is 42.1 Å². The molecule has 0 saturated carbocycles. The summed E-state index contributed by atoms with van der Waals surface area (Å²) in [4.78, 5) is 39.7. The first-order chi connectivity index (χ1) is 14.1. The number of imidazole rings is 1. The van der Waals surface area contributed by atoms with Gasteiger partial charge in [0.2, 0.25) is 5.91 Å². The average Bonchev–Trinajstić information content (AvgIpc) is 3.21. The van der Waals surface area contributed by atoms with Crippen LogP contribution in [0.3, 0.4) is 0 Å². The van der Waals surface area contributed by atoms with Gasteiger partial charge in [0, 0.05) is 24.9 Å². The molecule has 0 aliphatic rings. The van der Waals surface area contributed by atoms with E-state index in [0.717, 1.165) is 12.8 Å². The zero-order valence-corrected chi connectivity index (χ0v) is 17.2. The summed E-state index contributed by atoms with van der Waals surface area (Å²) < 4.78 is 0. The van der Waals surface area contributed by atoms with Crippen LogP contribution in [0.5, 0.6) is 0 Å². The van der Waals surface area contributed by atoms with Gasteiger partial charge in [-0.25, -0.2) is 9.78 Å². The second kappa shape index (κ2) is 15.3. The fraction of sp³-hybridized carbons (Fsp3) is 0.667. The van der Waals surface area contributed by atoms with Crippen LogP contribution >= 0.6 is 0 Å². The summed E-state index contributed by atoms with van der Waals surface area (Å²) in [5.74, 6) is -2.65. The van der Waals surface area contributed by atoms with E-state index >= 15 is 0 Å². The van der Waals surface area contributed by atoms with Gasteiger partial charge < -0.3 is 42.8 Å². The van der Waals surface area contributed by atoms with Crippen molar-refractivity contribution in [3.05, 3.63) is 18.2 Å². The number of rotatable bonds is 13. The number of unbranched alkanes of at least 4 members (excludes halogenated alkanes) is 1. The van der Waals surface area contributed by atoms with Crippen molar-refractivity contribution in [2.75, 3.05) is 6.54 Å². The van der Waals surface area contributed by atoms with E-state index in [1.807, 2.05) is 6.92 Å². The number of aliphatic hydroxyl groups excluding tert-OH is 1. The lowest BCUT2D eigenvalue weighted by molar-refractivity contribution is -0.142. The van der Waals surface area contributed by atoms with Gasteiger partial charge in [-0.3, -0.25) is 9.59 Å². The van der Waals surface area contributed by atoms with Crippen LogP contribution < -0.4 is 22.5 Å². The molecule has 0 aliphatic heterocycles. The van der Waals surface area contributed by atoms with Gasteiger partial charge in [0.1, 0.15) is 12.1 Å². The van der Waals surface area contributed by atoms with Crippen molar-refractivity contribution >= 4 is 17.8 Å². The number of hydrogen-bond donors (Lipinski definition) is 8. The number of amides is 1. The third-order valence-corrected chi connectivity index (χ3v) is 4.19. The number of carbonyl (C=O) groups is 3. The van der Waals surface area contributed by atoms with Crippen LogP contribution in [0.4, 0.5) is 0 Å². The molecule has 1 amide bonds.